The van der Waals surface area contributed by atoms with Gasteiger partial charge < -0.3 is 14.6 Å². The summed E-state index contributed by atoms with van der Waals surface area (Å²) in [5.41, 5.74) is 0. The van der Waals surface area contributed by atoms with Crippen molar-refractivity contribution >= 4 is 17.2 Å². The summed E-state index contributed by atoms with van der Waals surface area (Å²) >= 11 is 1.42. The fourth-order valence-electron chi connectivity index (χ4n) is 2.66. The maximum absolute atomic E-state index is 12.5. The molecule has 0 saturated carbocycles. The number of ether oxygens (including phenoxy) is 1. The van der Waals surface area contributed by atoms with Gasteiger partial charge in [-0.1, -0.05) is 25.1 Å². The Morgan fingerprint density at radius 2 is 2.17 bits per heavy atom. The van der Waals surface area contributed by atoms with Crippen LogP contribution in [0.1, 0.15) is 60.0 Å². The quantitative estimate of drug-likeness (QED) is 0.908. The minimum absolute atomic E-state index is 0.0965. The Bertz CT molecular complexity index is 633. The van der Waals surface area contributed by atoms with Crippen LogP contribution in [0.3, 0.4) is 0 Å². The molecule has 0 aliphatic carbocycles. The van der Waals surface area contributed by atoms with Gasteiger partial charge in [0.05, 0.1) is 4.88 Å². The maximum atomic E-state index is 12.5. The van der Waals surface area contributed by atoms with E-state index < -0.39 is 0 Å². The smallest absolute Gasteiger partial charge is 0.262 e. The van der Waals surface area contributed by atoms with Crippen molar-refractivity contribution in [2.24, 2.45) is 5.92 Å². The summed E-state index contributed by atoms with van der Waals surface area (Å²) < 4.78 is 10.9. The third kappa shape index (κ3) is 3.79. The van der Waals surface area contributed by atoms with Gasteiger partial charge in [-0.15, -0.1) is 11.3 Å². The van der Waals surface area contributed by atoms with E-state index in [9.17, 15) is 4.79 Å². The van der Waals surface area contributed by atoms with Crippen LogP contribution in [0.4, 0.5) is 0 Å². The van der Waals surface area contributed by atoms with Crippen molar-refractivity contribution < 1.29 is 14.1 Å². The van der Waals surface area contributed by atoms with Crippen molar-refractivity contribution in [2.45, 2.75) is 38.6 Å². The Morgan fingerprint density at radius 1 is 1.39 bits per heavy atom. The van der Waals surface area contributed by atoms with Gasteiger partial charge in [0.25, 0.3) is 5.91 Å². The van der Waals surface area contributed by atoms with Crippen LogP contribution in [-0.2, 0) is 4.74 Å². The normalized spacial score (nSPS) is 17.3. The number of nitrogens with zero attached hydrogens (tertiary/aromatic N) is 2. The Hall–Kier alpha value is -1.73. The first-order chi connectivity index (χ1) is 11.1. The number of thiophene rings is 1. The van der Waals surface area contributed by atoms with Crippen LogP contribution >= 0.6 is 11.3 Å². The Balaban J connectivity index is 1.81. The highest BCUT2D eigenvalue weighted by molar-refractivity contribution is 7.12. The lowest BCUT2D eigenvalue weighted by atomic mass is 9.91. The SMILES string of the molecule is CC(C)c1noc(C(NC(=O)c2cccs2)C2CCOCC2)n1. The molecule has 7 heteroatoms. The lowest BCUT2D eigenvalue weighted by Crippen LogP contribution is -2.36. The number of hydrogen-bond donors (Lipinski definition) is 1. The van der Waals surface area contributed by atoms with Gasteiger partial charge in [-0.25, -0.2) is 0 Å². The second-order valence-corrected chi connectivity index (χ2v) is 6.97. The first-order valence-corrected chi connectivity index (χ1v) is 8.78. The van der Waals surface area contributed by atoms with Crippen molar-refractivity contribution in [1.29, 1.82) is 0 Å². The van der Waals surface area contributed by atoms with Crippen molar-refractivity contribution in [3.63, 3.8) is 0 Å². The molecule has 6 nitrogen and oxygen atoms in total. The van der Waals surface area contributed by atoms with Gasteiger partial charge in [-0.2, -0.15) is 4.98 Å². The Labute approximate surface area is 139 Å². The van der Waals surface area contributed by atoms with Gasteiger partial charge in [-0.05, 0) is 30.2 Å². The molecule has 1 aliphatic heterocycles. The monoisotopic (exact) mass is 335 g/mol. The van der Waals surface area contributed by atoms with E-state index in [0.717, 1.165) is 12.8 Å². The standard InChI is InChI=1S/C16H21N3O3S/c1-10(2)14-18-16(22-19-14)13(11-5-7-21-8-6-11)17-15(20)12-4-3-9-23-12/h3-4,9-11,13H,5-8H2,1-2H3,(H,17,20). The van der Waals surface area contributed by atoms with Gasteiger partial charge in [0.2, 0.25) is 5.89 Å². The fraction of sp³-hybridized carbons (Fsp3) is 0.562. The molecule has 1 N–H and O–H groups in total. The number of nitrogens with one attached hydrogen (secondary N) is 1. The predicted molar refractivity (Wildman–Crippen MR) is 86.5 cm³/mol. The highest BCUT2D eigenvalue weighted by Crippen LogP contribution is 2.30. The molecule has 1 amide bonds. The average Bonchev–Trinajstić information content (AvgIpc) is 3.24. The summed E-state index contributed by atoms with van der Waals surface area (Å²) in [6, 6.07) is 3.41. The summed E-state index contributed by atoms with van der Waals surface area (Å²) in [6.45, 7) is 5.42. The summed E-state index contributed by atoms with van der Waals surface area (Å²) in [5, 5.41) is 9.00. The third-order valence-electron chi connectivity index (χ3n) is 4.01. The zero-order valence-corrected chi connectivity index (χ0v) is 14.1. The van der Waals surface area contributed by atoms with Crippen molar-refractivity contribution in [2.75, 3.05) is 13.2 Å². The molecule has 1 aliphatic rings. The first-order valence-electron chi connectivity index (χ1n) is 7.90. The van der Waals surface area contributed by atoms with E-state index in [-0.39, 0.29) is 23.8 Å². The van der Waals surface area contributed by atoms with Gasteiger partial charge >= 0.3 is 0 Å². The number of carbonyl (C=O) groups is 1. The van der Waals surface area contributed by atoms with Crippen LogP contribution in [0.15, 0.2) is 22.0 Å². The van der Waals surface area contributed by atoms with E-state index in [1.165, 1.54) is 11.3 Å². The summed E-state index contributed by atoms with van der Waals surface area (Å²) in [6.07, 6.45) is 1.74. The molecule has 0 bridgehead atoms. The predicted octanol–water partition coefficient (Wildman–Crippen LogP) is 3.15. The molecule has 0 radical (unpaired) electrons. The van der Waals surface area contributed by atoms with Gasteiger partial charge in [-0.3, -0.25) is 4.79 Å². The zero-order valence-electron chi connectivity index (χ0n) is 13.3. The van der Waals surface area contributed by atoms with Gasteiger partial charge in [0, 0.05) is 19.1 Å². The largest absolute Gasteiger partial charge is 0.381 e. The van der Waals surface area contributed by atoms with Crippen LogP contribution < -0.4 is 5.32 Å². The molecule has 1 unspecified atom stereocenters. The number of aromatic nitrogens is 2. The van der Waals surface area contributed by atoms with Crippen molar-refractivity contribution in [3.8, 4) is 0 Å². The average molecular weight is 335 g/mol. The number of amides is 1. The molecular weight excluding hydrogens is 314 g/mol. The molecule has 124 valence electrons. The maximum Gasteiger partial charge on any atom is 0.262 e. The third-order valence-corrected chi connectivity index (χ3v) is 4.88. The minimum Gasteiger partial charge on any atom is -0.381 e. The van der Waals surface area contributed by atoms with Crippen LogP contribution in [-0.4, -0.2) is 29.3 Å². The number of hydrogen-bond acceptors (Lipinski definition) is 6. The molecule has 1 atom stereocenters. The lowest BCUT2D eigenvalue weighted by Gasteiger charge is -2.28. The van der Waals surface area contributed by atoms with Crippen LogP contribution in [0.5, 0.6) is 0 Å². The molecule has 0 spiro atoms. The van der Waals surface area contributed by atoms with E-state index >= 15 is 0 Å². The molecule has 3 heterocycles. The van der Waals surface area contributed by atoms with E-state index in [4.69, 9.17) is 9.26 Å². The van der Waals surface area contributed by atoms with Crippen LogP contribution in [0.25, 0.3) is 0 Å². The van der Waals surface area contributed by atoms with Gasteiger partial charge in [0.1, 0.15) is 6.04 Å². The van der Waals surface area contributed by atoms with Crippen molar-refractivity contribution in [3.05, 3.63) is 34.1 Å². The molecule has 1 saturated heterocycles. The van der Waals surface area contributed by atoms with Crippen LogP contribution in [0.2, 0.25) is 0 Å². The molecule has 3 rings (SSSR count). The minimum atomic E-state index is -0.270. The Morgan fingerprint density at radius 3 is 2.78 bits per heavy atom. The molecule has 23 heavy (non-hydrogen) atoms. The van der Waals surface area contributed by atoms with Crippen molar-refractivity contribution in [1.82, 2.24) is 15.5 Å². The second kappa shape index (κ2) is 7.23. The first kappa shape index (κ1) is 16.1. The summed E-state index contributed by atoms with van der Waals surface area (Å²) in [4.78, 5) is 17.6. The van der Waals surface area contributed by atoms with E-state index in [1.54, 1.807) is 0 Å². The van der Waals surface area contributed by atoms with Gasteiger partial charge in [0.15, 0.2) is 5.82 Å². The molecule has 2 aromatic rings. The molecule has 2 aromatic heterocycles. The topological polar surface area (TPSA) is 77.2 Å². The summed E-state index contributed by atoms with van der Waals surface area (Å²) in [5.74, 6) is 1.50. The van der Waals surface area contributed by atoms with E-state index in [0.29, 0.717) is 29.8 Å². The number of carbonyl (C=O) groups excluding carboxylic acids is 1. The van der Waals surface area contributed by atoms with E-state index in [1.807, 2.05) is 31.4 Å². The highest BCUT2D eigenvalue weighted by Gasteiger charge is 2.32. The molecular formula is C16H21N3O3S. The molecule has 1 fully saturated rings. The summed E-state index contributed by atoms with van der Waals surface area (Å²) in [7, 11) is 0. The molecule has 0 aromatic carbocycles. The lowest BCUT2D eigenvalue weighted by molar-refractivity contribution is 0.0468. The highest BCUT2D eigenvalue weighted by atomic mass is 32.1. The fourth-order valence-corrected chi connectivity index (χ4v) is 3.29. The number of rotatable bonds is 5. The Kier molecular flexibility index (Phi) is 5.07. The zero-order chi connectivity index (χ0) is 16.2. The van der Waals surface area contributed by atoms with E-state index in [2.05, 4.69) is 15.5 Å². The van der Waals surface area contributed by atoms with Crippen LogP contribution in [0, 0.1) is 5.92 Å². The second-order valence-electron chi connectivity index (χ2n) is 6.02.